The van der Waals surface area contributed by atoms with Gasteiger partial charge in [-0.1, -0.05) is 23.2 Å². The average molecular weight is 386 g/mol. The highest BCUT2D eigenvalue weighted by atomic mass is 35.5. The molecule has 6 nitrogen and oxygen atoms in total. The number of morpholine rings is 1. The van der Waals surface area contributed by atoms with Crippen LogP contribution in [0.15, 0.2) is 18.2 Å². The molecule has 2 aliphatic heterocycles. The van der Waals surface area contributed by atoms with Crippen molar-refractivity contribution in [2.24, 2.45) is 0 Å². The second kappa shape index (κ2) is 7.91. The molecule has 2 aliphatic rings. The summed E-state index contributed by atoms with van der Waals surface area (Å²) in [5.41, 5.74) is 0.432. The van der Waals surface area contributed by atoms with Crippen molar-refractivity contribution in [1.29, 1.82) is 0 Å². The van der Waals surface area contributed by atoms with E-state index >= 15 is 0 Å². The summed E-state index contributed by atoms with van der Waals surface area (Å²) in [6.45, 7) is 5.15. The van der Waals surface area contributed by atoms with Crippen LogP contribution in [-0.4, -0.2) is 73.1 Å². The second-order valence-electron chi connectivity index (χ2n) is 6.25. The van der Waals surface area contributed by atoms with E-state index in [-0.39, 0.29) is 24.0 Å². The van der Waals surface area contributed by atoms with Gasteiger partial charge in [0.1, 0.15) is 6.04 Å². The van der Waals surface area contributed by atoms with Crippen LogP contribution in [0.5, 0.6) is 0 Å². The molecule has 2 heterocycles. The summed E-state index contributed by atoms with van der Waals surface area (Å²) in [5.74, 6) is -0.106. The zero-order valence-electron chi connectivity index (χ0n) is 14.0. The Labute approximate surface area is 157 Å². The van der Waals surface area contributed by atoms with Crippen LogP contribution in [0.25, 0.3) is 0 Å². The number of hydrogen-bond acceptors (Lipinski definition) is 4. The summed E-state index contributed by atoms with van der Waals surface area (Å²) in [4.78, 5) is 28.8. The Morgan fingerprint density at radius 1 is 1.16 bits per heavy atom. The number of rotatable bonds is 2. The molecule has 0 bridgehead atoms. The fraction of sp³-hybridized carbons (Fsp3) is 0.529. The molecule has 0 aromatic heterocycles. The first-order valence-electron chi connectivity index (χ1n) is 8.35. The van der Waals surface area contributed by atoms with Crippen LogP contribution in [0.2, 0.25) is 10.0 Å². The third-order valence-electron chi connectivity index (χ3n) is 4.62. The van der Waals surface area contributed by atoms with Gasteiger partial charge in [-0.3, -0.25) is 9.59 Å². The van der Waals surface area contributed by atoms with Crippen molar-refractivity contribution < 1.29 is 14.3 Å². The highest BCUT2D eigenvalue weighted by molar-refractivity contribution is 6.36. The first kappa shape index (κ1) is 18.5. The highest BCUT2D eigenvalue weighted by Gasteiger charge is 2.34. The average Bonchev–Trinajstić information content (AvgIpc) is 2.61. The molecule has 25 heavy (non-hydrogen) atoms. The maximum Gasteiger partial charge on any atom is 0.255 e. The normalized spacial score (nSPS) is 24.3. The van der Waals surface area contributed by atoms with Crippen molar-refractivity contribution in [2.75, 3.05) is 39.3 Å². The maximum atomic E-state index is 12.6. The molecule has 1 N–H and O–H groups in total. The lowest BCUT2D eigenvalue weighted by molar-refractivity contribution is -0.140. The van der Waals surface area contributed by atoms with Gasteiger partial charge in [-0.2, -0.15) is 0 Å². The van der Waals surface area contributed by atoms with Gasteiger partial charge in [-0.05, 0) is 25.1 Å². The minimum Gasteiger partial charge on any atom is -0.375 e. The van der Waals surface area contributed by atoms with Crippen LogP contribution < -0.4 is 5.32 Å². The zero-order chi connectivity index (χ0) is 18.0. The van der Waals surface area contributed by atoms with Gasteiger partial charge in [0.05, 0.1) is 23.3 Å². The SMILES string of the molecule is C[C@H]1OCCN[C@@H]1C(=O)N1CCN(C(=O)c2ccc(Cl)cc2Cl)CC1. The van der Waals surface area contributed by atoms with Gasteiger partial charge in [0.25, 0.3) is 5.91 Å². The molecule has 8 heteroatoms. The van der Waals surface area contributed by atoms with E-state index in [9.17, 15) is 9.59 Å². The van der Waals surface area contributed by atoms with Crippen molar-refractivity contribution in [3.05, 3.63) is 33.8 Å². The number of benzene rings is 1. The molecule has 136 valence electrons. The Hall–Kier alpha value is -1.34. The minimum atomic E-state index is -0.318. The van der Waals surface area contributed by atoms with Gasteiger partial charge in [0, 0.05) is 37.7 Å². The molecule has 2 atom stereocenters. The van der Waals surface area contributed by atoms with Crippen LogP contribution in [0.3, 0.4) is 0 Å². The van der Waals surface area contributed by atoms with Crippen molar-refractivity contribution in [1.82, 2.24) is 15.1 Å². The van der Waals surface area contributed by atoms with Gasteiger partial charge in [-0.15, -0.1) is 0 Å². The Bertz CT molecular complexity index is 663. The number of carbonyl (C=O) groups is 2. The van der Waals surface area contributed by atoms with Crippen LogP contribution in [0.4, 0.5) is 0 Å². The van der Waals surface area contributed by atoms with E-state index in [4.69, 9.17) is 27.9 Å². The van der Waals surface area contributed by atoms with E-state index in [1.165, 1.54) is 0 Å². The second-order valence-corrected chi connectivity index (χ2v) is 7.09. The third-order valence-corrected chi connectivity index (χ3v) is 5.17. The number of amides is 2. The van der Waals surface area contributed by atoms with E-state index in [1.54, 1.807) is 28.0 Å². The molecule has 3 rings (SSSR count). The molecule has 2 fully saturated rings. The molecule has 1 aromatic rings. The number of halogens is 2. The molecule has 0 unspecified atom stereocenters. The first-order chi connectivity index (χ1) is 12.0. The summed E-state index contributed by atoms with van der Waals surface area (Å²) in [5, 5.41) is 4.05. The van der Waals surface area contributed by atoms with Gasteiger partial charge in [-0.25, -0.2) is 0 Å². The van der Waals surface area contributed by atoms with Gasteiger partial charge >= 0.3 is 0 Å². The largest absolute Gasteiger partial charge is 0.375 e. The molecule has 2 amide bonds. The van der Waals surface area contributed by atoms with Crippen molar-refractivity contribution in [3.8, 4) is 0 Å². The molecular weight excluding hydrogens is 365 g/mol. The standard InChI is InChI=1S/C17H21Cl2N3O3/c1-11-15(20-4-9-25-11)17(24)22-7-5-21(6-8-22)16(23)13-3-2-12(18)10-14(13)19/h2-3,10-11,15,20H,4-9H2,1H3/t11-,15+/m1/s1. The third kappa shape index (κ3) is 4.08. The molecule has 0 radical (unpaired) electrons. The number of ether oxygens (including phenoxy) is 1. The molecule has 0 aliphatic carbocycles. The van der Waals surface area contributed by atoms with Crippen LogP contribution in [0, 0.1) is 0 Å². The van der Waals surface area contributed by atoms with Crippen LogP contribution in [-0.2, 0) is 9.53 Å². The highest BCUT2D eigenvalue weighted by Crippen LogP contribution is 2.23. The predicted octanol–water partition coefficient (Wildman–Crippen LogP) is 1.65. The zero-order valence-corrected chi connectivity index (χ0v) is 15.5. The van der Waals surface area contributed by atoms with E-state index in [2.05, 4.69) is 5.32 Å². The monoisotopic (exact) mass is 385 g/mol. The number of carbonyl (C=O) groups excluding carboxylic acids is 2. The summed E-state index contributed by atoms with van der Waals surface area (Å²) >= 11 is 12.0. The van der Waals surface area contributed by atoms with Gasteiger partial charge in [0.2, 0.25) is 5.91 Å². The summed E-state index contributed by atoms with van der Waals surface area (Å²) < 4.78 is 5.54. The molecule has 0 saturated carbocycles. The van der Waals surface area contributed by atoms with E-state index < -0.39 is 0 Å². The summed E-state index contributed by atoms with van der Waals surface area (Å²) in [6.07, 6.45) is -0.145. The van der Waals surface area contributed by atoms with Crippen LogP contribution in [0.1, 0.15) is 17.3 Å². The van der Waals surface area contributed by atoms with Crippen molar-refractivity contribution in [2.45, 2.75) is 19.1 Å². The van der Waals surface area contributed by atoms with Crippen molar-refractivity contribution in [3.63, 3.8) is 0 Å². The summed E-state index contributed by atoms with van der Waals surface area (Å²) in [7, 11) is 0. The topological polar surface area (TPSA) is 61.9 Å². The lowest BCUT2D eigenvalue weighted by atomic mass is 10.1. The Morgan fingerprint density at radius 2 is 1.84 bits per heavy atom. The lowest BCUT2D eigenvalue weighted by Crippen LogP contribution is -2.60. The van der Waals surface area contributed by atoms with Crippen molar-refractivity contribution >= 4 is 35.0 Å². The minimum absolute atomic E-state index is 0.0313. The number of hydrogen-bond donors (Lipinski definition) is 1. The van der Waals surface area contributed by atoms with Crippen LogP contribution >= 0.6 is 23.2 Å². The maximum absolute atomic E-state index is 12.6. The molecule has 1 aromatic carbocycles. The number of nitrogens with zero attached hydrogens (tertiary/aromatic N) is 2. The fourth-order valence-electron chi connectivity index (χ4n) is 3.17. The Kier molecular flexibility index (Phi) is 5.84. The van der Waals surface area contributed by atoms with Gasteiger partial charge < -0.3 is 19.9 Å². The fourth-order valence-corrected chi connectivity index (χ4v) is 3.66. The van der Waals surface area contributed by atoms with Gasteiger partial charge in [0.15, 0.2) is 0 Å². The molecular formula is C17H21Cl2N3O3. The lowest BCUT2D eigenvalue weighted by Gasteiger charge is -2.38. The molecule has 0 spiro atoms. The molecule has 2 saturated heterocycles. The van der Waals surface area contributed by atoms with E-state index in [0.717, 1.165) is 0 Å². The number of piperazine rings is 1. The quantitative estimate of drug-likeness (QED) is 0.840. The van der Waals surface area contributed by atoms with E-state index in [1.807, 2.05) is 6.92 Å². The number of nitrogens with one attached hydrogen (secondary N) is 1. The smallest absolute Gasteiger partial charge is 0.255 e. The van der Waals surface area contributed by atoms with E-state index in [0.29, 0.717) is 54.9 Å². The Balaban J connectivity index is 1.59. The Morgan fingerprint density at radius 3 is 2.48 bits per heavy atom. The first-order valence-corrected chi connectivity index (χ1v) is 9.11. The summed E-state index contributed by atoms with van der Waals surface area (Å²) in [6, 6.07) is 4.53. The predicted molar refractivity (Wildman–Crippen MR) is 96.2 cm³/mol.